The fraction of sp³-hybridized carbons (Fsp3) is 0.312. The summed E-state index contributed by atoms with van der Waals surface area (Å²) in [4.78, 5) is 37.4. The number of fused-ring (bicyclic) bond motifs is 9. The van der Waals surface area contributed by atoms with Crippen LogP contribution < -0.4 is 4.90 Å². The predicted octanol–water partition coefficient (Wildman–Crippen LogP) is 4.76. The van der Waals surface area contributed by atoms with Crippen LogP contribution in [-0.4, -0.2) is 49.5 Å². The van der Waals surface area contributed by atoms with Gasteiger partial charge >= 0.3 is 0 Å². The maximum absolute atomic E-state index is 14.5. The standard InChI is InChI=1S/C32H32N4O3/c1-6-31(4,5)36-23-14-10-8-12-21(23)32(39)18-25-27(37)34-16-15-30(2,3)26-20(19-11-7-9-13-22(19)33-26)17-24(34)28(38)35(25)29(32)36/h6-17,25,29,33,39H,1,18H2,2-5H3/b16-15-,24-17-/t25-,29+,32+/m1/s1. The van der Waals surface area contributed by atoms with Gasteiger partial charge in [0.1, 0.15) is 23.5 Å². The lowest BCUT2D eigenvalue weighted by molar-refractivity contribution is -0.148. The van der Waals surface area contributed by atoms with E-state index in [0.29, 0.717) is 0 Å². The lowest BCUT2D eigenvalue weighted by Gasteiger charge is -2.47. The van der Waals surface area contributed by atoms with Gasteiger partial charge in [-0.1, -0.05) is 62.4 Å². The summed E-state index contributed by atoms with van der Waals surface area (Å²) in [5, 5.41) is 13.3. The third-order valence-electron chi connectivity index (χ3n) is 9.07. The molecule has 4 aliphatic rings. The number of benzene rings is 2. The van der Waals surface area contributed by atoms with Crippen LogP contribution in [0, 0.1) is 0 Å². The normalized spacial score (nSPS) is 29.1. The molecule has 39 heavy (non-hydrogen) atoms. The molecule has 2 fully saturated rings. The molecule has 3 aromatic rings. The van der Waals surface area contributed by atoms with Crippen LogP contribution in [0.15, 0.2) is 79.2 Å². The number of para-hydroxylation sites is 2. The SMILES string of the molecule is C=CC(C)(C)N1c2ccccc2[C@@]2(O)C[C@@H]3C(=O)N4/C=C\C(C)(C)c5[nH]c6ccccc6c5/C=C\4C(=O)N3[C@@H]12. The van der Waals surface area contributed by atoms with Gasteiger partial charge in [-0.3, -0.25) is 14.5 Å². The molecule has 1 aromatic heterocycles. The Bertz CT molecular complexity index is 1660. The molecule has 0 aliphatic carbocycles. The summed E-state index contributed by atoms with van der Waals surface area (Å²) >= 11 is 0. The first-order valence-electron chi connectivity index (χ1n) is 13.4. The molecule has 7 rings (SSSR count). The summed E-state index contributed by atoms with van der Waals surface area (Å²) in [6.07, 6.45) is 6.75. The third-order valence-corrected chi connectivity index (χ3v) is 9.07. The zero-order valence-corrected chi connectivity index (χ0v) is 22.6. The molecule has 0 spiro atoms. The third kappa shape index (κ3) is 2.96. The second kappa shape index (κ2) is 7.51. The summed E-state index contributed by atoms with van der Waals surface area (Å²) in [5.74, 6) is -0.494. The van der Waals surface area contributed by atoms with Crippen LogP contribution in [0.1, 0.15) is 50.9 Å². The largest absolute Gasteiger partial charge is 0.381 e. The molecule has 7 heteroatoms. The number of nitrogens with zero attached hydrogens (tertiary/aromatic N) is 3. The van der Waals surface area contributed by atoms with Crippen LogP contribution in [0.5, 0.6) is 0 Å². The second-order valence-electron chi connectivity index (χ2n) is 12.2. The van der Waals surface area contributed by atoms with Gasteiger partial charge in [-0.25, -0.2) is 0 Å². The molecule has 198 valence electrons. The van der Waals surface area contributed by atoms with Crippen molar-refractivity contribution in [1.29, 1.82) is 0 Å². The maximum Gasteiger partial charge on any atom is 0.273 e. The van der Waals surface area contributed by atoms with Gasteiger partial charge in [0.05, 0.1) is 5.54 Å². The number of hydrogen-bond donors (Lipinski definition) is 2. The zero-order chi connectivity index (χ0) is 27.5. The van der Waals surface area contributed by atoms with Gasteiger partial charge in [0.25, 0.3) is 11.8 Å². The van der Waals surface area contributed by atoms with Gasteiger partial charge in [0, 0.05) is 51.4 Å². The number of carbonyl (C=O) groups is 2. The van der Waals surface area contributed by atoms with Crippen LogP contribution in [0.25, 0.3) is 17.0 Å². The molecule has 3 atom stereocenters. The number of H-pyrrole nitrogens is 1. The lowest BCUT2D eigenvalue weighted by Crippen LogP contribution is -2.63. The van der Waals surface area contributed by atoms with E-state index in [0.717, 1.165) is 33.4 Å². The molecule has 0 bridgehead atoms. The number of rotatable bonds is 2. The molecule has 2 aromatic carbocycles. The Balaban J connectivity index is 1.45. The summed E-state index contributed by atoms with van der Waals surface area (Å²) in [6.45, 7) is 12.3. The number of allylic oxidation sites excluding steroid dienone is 1. The summed E-state index contributed by atoms with van der Waals surface area (Å²) in [6, 6.07) is 14.9. The van der Waals surface area contributed by atoms with Crippen LogP contribution >= 0.6 is 0 Å². The van der Waals surface area contributed by atoms with Crippen LogP contribution in [0.3, 0.4) is 0 Å². The Morgan fingerprint density at radius 1 is 1.10 bits per heavy atom. The highest BCUT2D eigenvalue weighted by Gasteiger charge is 2.67. The van der Waals surface area contributed by atoms with Gasteiger partial charge in [0.2, 0.25) is 0 Å². The van der Waals surface area contributed by atoms with Crippen molar-refractivity contribution in [2.45, 2.75) is 62.9 Å². The van der Waals surface area contributed by atoms with Crippen molar-refractivity contribution >= 4 is 34.5 Å². The van der Waals surface area contributed by atoms with Crippen molar-refractivity contribution in [2.24, 2.45) is 0 Å². The number of aromatic amines is 1. The molecule has 2 amide bonds. The maximum atomic E-state index is 14.5. The summed E-state index contributed by atoms with van der Waals surface area (Å²) in [7, 11) is 0. The van der Waals surface area contributed by atoms with Crippen molar-refractivity contribution in [1.82, 2.24) is 14.8 Å². The highest BCUT2D eigenvalue weighted by Crippen LogP contribution is 2.56. The average molecular weight is 521 g/mol. The van der Waals surface area contributed by atoms with Gasteiger partial charge in [-0.2, -0.15) is 0 Å². The van der Waals surface area contributed by atoms with Crippen molar-refractivity contribution < 1.29 is 14.7 Å². The summed E-state index contributed by atoms with van der Waals surface area (Å²) < 4.78 is 0. The minimum absolute atomic E-state index is 0.127. The minimum atomic E-state index is -1.40. The number of piperazine rings is 1. The molecule has 7 nitrogen and oxygen atoms in total. The number of carbonyl (C=O) groups excluding carboxylic acids is 2. The van der Waals surface area contributed by atoms with Crippen molar-refractivity contribution in [2.75, 3.05) is 4.90 Å². The number of aromatic nitrogens is 1. The Morgan fingerprint density at radius 3 is 2.59 bits per heavy atom. The van der Waals surface area contributed by atoms with E-state index in [4.69, 9.17) is 0 Å². The molecule has 2 saturated heterocycles. The second-order valence-corrected chi connectivity index (χ2v) is 12.2. The predicted molar refractivity (Wildman–Crippen MR) is 151 cm³/mol. The Labute approximate surface area is 227 Å². The molecule has 0 radical (unpaired) electrons. The van der Waals surface area contributed by atoms with E-state index in [9.17, 15) is 14.7 Å². The molecule has 2 N–H and O–H groups in total. The number of nitrogens with one attached hydrogen (secondary N) is 1. The van der Waals surface area contributed by atoms with E-state index in [-0.39, 0.29) is 23.9 Å². The molecule has 4 aliphatic heterocycles. The number of anilines is 1. The Hall–Kier alpha value is -4.10. The van der Waals surface area contributed by atoms with E-state index in [1.54, 1.807) is 11.1 Å². The zero-order valence-electron chi connectivity index (χ0n) is 22.6. The highest BCUT2D eigenvalue weighted by molar-refractivity contribution is 6.10. The molecule has 0 unspecified atom stereocenters. The van der Waals surface area contributed by atoms with Crippen molar-refractivity contribution in [3.8, 4) is 0 Å². The van der Waals surface area contributed by atoms with Gasteiger partial charge in [-0.05, 0) is 32.1 Å². The van der Waals surface area contributed by atoms with Crippen molar-refractivity contribution in [3.63, 3.8) is 0 Å². The first-order chi connectivity index (χ1) is 18.5. The number of aliphatic hydroxyl groups is 1. The van der Waals surface area contributed by atoms with Crippen LogP contribution in [0.4, 0.5) is 5.69 Å². The van der Waals surface area contributed by atoms with Gasteiger partial charge in [0.15, 0.2) is 0 Å². The average Bonchev–Trinajstić information content (AvgIpc) is 3.51. The molecule has 0 saturated carbocycles. The van der Waals surface area contributed by atoms with Gasteiger partial charge < -0.3 is 19.9 Å². The van der Waals surface area contributed by atoms with E-state index in [1.165, 1.54) is 4.90 Å². The summed E-state index contributed by atoms with van der Waals surface area (Å²) in [5.41, 5.74) is 2.31. The lowest BCUT2D eigenvalue weighted by atomic mass is 9.85. The monoisotopic (exact) mass is 520 g/mol. The number of hydrogen-bond acceptors (Lipinski definition) is 4. The Kier molecular flexibility index (Phi) is 4.62. The van der Waals surface area contributed by atoms with Crippen LogP contribution in [-0.2, 0) is 20.6 Å². The van der Waals surface area contributed by atoms with Gasteiger partial charge in [-0.15, -0.1) is 6.58 Å². The van der Waals surface area contributed by atoms with Crippen molar-refractivity contribution in [3.05, 3.63) is 96.0 Å². The van der Waals surface area contributed by atoms with E-state index in [2.05, 4.69) is 30.3 Å². The smallest absolute Gasteiger partial charge is 0.273 e. The van der Waals surface area contributed by atoms with E-state index < -0.39 is 28.8 Å². The minimum Gasteiger partial charge on any atom is -0.381 e. The molecular weight excluding hydrogens is 488 g/mol. The number of amides is 2. The topological polar surface area (TPSA) is 79.9 Å². The Morgan fingerprint density at radius 2 is 1.82 bits per heavy atom. The van der Waals surface area contributed by atoms with Crippen LogP contribution in [0.2, 0.25) is 0 Å². The first kappa shape index (κ1) is 24.0. The molecule has 5 heterocycles. The first-order valence-corrected chi connectivity index (χ1v) is 13.4. The highest BCUT2D eigenvalue weighted by atomic mass is 16.3. The fourth-order valence-corrected chi connectivity index (χ4v) is 6.95. The quantitative estimate of drug-likeness (QED) is 0.478. The van der Waals surface area contributed by atoms with E-state index in [1.807, 2.05) is 80.6 Å². The molecular formula is C32H32N4O3. The fourth-order valence-electron chi connectivity index (χ4n) is 6.95. The van der Waals surface area contributed by atoms with E-state index >= 15 is 0 Å².